The van der Waals surface area contributed by atoms with Crippen LogP contribution in [0.3, 0.4) is 0 Å². The molecule has 1 aromatic heterocycles. The lowest BCUT2D eigenvalue weighted by atomic mass is 9.71. The second-order valence-electron chi connectivity index (χ2n) is 10.3. The summed E-state index contributed by atoms with van der Waals surface area (Å²) in [7, 11) is 0. The van der Waals surface area contributed by atoms with E-state index >= 15 is 0 Å². The number of hydrogen-bond acceptors (Lipinski definition) is 5. The van der Waals surface area contributed by atoms with Gasteiger partial charge in [-0.1, -0.05) is 29.8 Å². The molecule has 1 saturated heterocycles. The SMILES string of the molecule is CC(C)NC(=O)Cn1c(-c2cccc(Cl)c2)nc2ccc([C@H]3C[C@H](CN4CCSCC4)C3)cc2c1=O. The van der Waals surface area contributed by atoms with Crippen LogP contribution in [-0.2, 0) is 11.3 Å². The Morgan fingerprint density at radius 3 is 2.67 bits per heavy atom. The first kappa shape index (κ1) is 25.3. The van der Waals surface area contributed by atoms with Crippen LogP contribution in [0.2, 0.25) is 5.02 Å². The Kier molecular flexibility index (Phi) is 7.70. The molecule has 1 aliphatic heterocycles. The lowest BCUT2D eigenvalue weighted by molar-refractivity contribution is -0.122. The number of rotatable bonds is 7. The largest absolute Gasteiger partial charge is 0.352 e. The van der Waals surface area contributed by atoms with E-state index in [4.69, 9.17) is 16.6 Å². The molecule has 0 spiro atoms. The highest BCUT2D eigenvalue weighted by atomic mass is 35.5. The first-order chi connectivity index (χ1) is 17.4. The van der Waals surface area contributed by atoms with Crippen LogP contribution in [0.15, 0.2) is 47.3 Å². The number of benzene rings is 2. The number of halogens is 1. The summed E-state index contributed by atoms with van der Waals surface area (Å²) >= 11 is 8.28. The summed E-state index contributed by atoms with van der Waals surface area (Å²) in [5, 5.41) is 4.00. The van der Waals surface area contributed by atoms with Crippen molar-refractivity contribution in [1.29, 1.82) is 0 Å². The molecule has 0 unspecified atom stereocenters. The predicted octanol–water partition coefficient (Wildman–Crippen LogP) is 4.78. The Hall–Kier alpha value is -2.35. The van der Waals surface area contributed by atoms with E-state index in [2.05, 4.69) is 16.3 Å². The van der Waals surface area contributed by atoms with Gasteiger partial charge in [-0.15, -0.1) is 0 Å². The second kappa shape index (κ2) is 11.0. The monoisotopic (exact) mass is 524 g/mol. The first-order valence-electron chi connectivity index (χ1n) is 12.8. The second-order valence-corrected chi connectivity index (χ2v) is 11.9. The van der Waals surface area contributed by atoms with Gasteiger partial charge in [-0.2, -0.15) is 11.8 Å². The third-order valence-electron chi connectivity index (χ3n) is 7.14. The van der Waals surface area contributed by atoms with Crippen molar-refractivity contribution >= 4 is 40.2 Å². The van der Waals surface area contributed by atoms with Gasteiger partial charge >= 0.3 is 0 Å². The molecular weight excluding hydrogens is 492 g/mol. The normalized spacial score (nSPS) is 20.4. The lowest BCUT2D eigenvalue weighted by Crippen LogP contribution is -2.40. The van der Waals surface area contributed by atoms with Crippen LogP contribution in [0.25, 0.3) is 22.3 Å². The molecule has 5 rings (SSSR count). The molecule has 0 radical (unpaired) electrons. The van der Waals surface area contributed by atoms with E-state index in [0.717, 1.165) is 18.8 Å². The van der Waals surface area contributed by atoms with Crippen LogP contribution in [0.4, 0.5) is 0 Å². The van der Waals surface area contributed by atoms with Gasteiger partial charge in [-0.05, 0) is 68.4 Å². The Labute approximate surface area is 221 Å². The van der Waals surface area contributed by atoms with Gasteiger partial charge in [0.1, 0.15) is 12.4 Å². The predicted molar refractivity (Wildman–Crippen MR) is 149 cm³/mol. The maximum absolute atomic E-state index is 13.7. The van der Waals surface area contributed by atoms with Crippen molar-refractivity contribution in [3.8, 4) is 11.4 Å². The number of fused-ring (bicyclic) bond motifs is 1. The maximum atomic E-state index is 13.7. The molecule has 1 aliphatic carbocycles. The molecule has 190 valence electrons. The Morgan fingerprint density at radius 1 is 1.17 bits per heavy atom. The molecule has 36 heavy (non-hydrogen) atoms. The van der Waals surface area contributed by atoms with Crippen LogP contribution >= 0.6 is 23.4 Å². The zero-order valence-corrected chi connectivity index (χ0v) is 22.4. The summed E-state index contributed by atoms with van der Waals surface area (Å²) in [5.74, 6) is 3.92. The fourth-order valence-electron chi connectivity index (χ4n) is 5.30. The van der Waals surface area contributed by atoms with Crippen molar-refractivity contribution in [2.75, 3.05) is 31.1 Å². The maximum Gasteiger partial charge on any atom is 0.262 e. The molecule has 2 fully saturated rings. The number of aromatic nitrogens is 2. The number of thioether (sulfide) groups is 1. The van der Waals surface area contributed by atoms with E-state index in [9.17, 15) is 9.59 Å². The van der Waals surface area contributed by atoms with Crippen LogP contribution < -0.4 is 10.9 Å². The average molecular weight is 525 g/mol. The minimum Gasteiger partial charge on any atom is -0.352 e. The van der Waals surface area contributed by atoms with Crippen LogP contribution in [-0.4, -0.2) is 57.5 Å². The molecule has 6 nitrogen and oxygen atoms in total. The fraction of sp³-hybridized carbons (Fsp3) is 0.464. The average Bonchev–Trinajstić information content (AvgIpc) is 2.83. The molecule has 3 aromatic rings. The fourth-order valence-corrected chi connectivity index (χ4v) is 6.47. The molecule has 1 saturated carbocycles. The third kappa shape index (κ3) is 5.63. The highest BCUT2D eigenvalue weighted by Gasteiger charge is 2.32. The number of amides is 1. The van der Waals surface area contributed by atoms with Crippen molar-refractivity contribution in [3.63, 3.8) is 0 Å². The van der Waals surface area contributed by atoms with Crippen molar-refractivity contribution in [2.24, 2.45) is 5.92 Å². The summed E-state index contributed by atoms with van der Waals surface area (Å²) < 4.78 is 1.48. The zero-order chi connectivity index (χ0) is 25.2. The summed E-state index contributed by atoms with van der Waals surface area (Å²) in [4.78, 5) is 33.8. The molecule has 0 atom stereocenters. The molecule has 1 amide bonds. The zero-order valence-electron chi connectivity index (χ0n) is 20.9. The van der Waals surface area contributed by atoms with Gasteiger partial charge in [0.15, 0.2) is 0 Å². The van der Waals surface area contributed by atoms with Crippen LogP contribution in [0.5, 0.6) is 0 Å². The number of nitrogens with one attached hydrogen (secondary N) is 1. The van der Waals surface area contributed by atoms with E-state index < -0.39 is 0 Å². The first-order valence-corrected chi connectivity index (χ1v) is 14.3. The van der Waals surface area contributed by atoms with E-state index in [1.54, 1.807) is 12.1 Å². The summed E-state index contributed by atoms with van der Waals surface area (Å²) in [5.41, 5.74) is 2.35. The minimum absolute atomic E-state index is 0.0157. The van der Waals surface area contributed by atoms with Gasteiger partial charge in [0.25, 0.3) is 5.56 Å². The number of carbonyl (C=O) groups is 1. The highest BCUT2D eigenvalue weighted by molar-refractivity contribution is 7.99. The van der Waals surface area contributed by atoms with Crippen molar-refractivity contribution in [1.82, 2.24) is 19.8 Å². The molecule has 1 N–H and O–H groups in total. The summed E-state index contributed by atoms with van der Waals surface area (Å²) in [6.45, 7) is 7.30. The van der Waals surface area contributed by atoms with Gasteiger partial charge in [0.2, 0.25) is 5.91 Å². The number of carbonyl (C=O) groups excluding carboxylic acids is 1. The van der Waals surface area contributed by atoms with E-state index in [1.165, 1.54) is 41.3 Å². The molecule has 2 heterocycles. The van der Waals surface area contributed by atoms with Gasteiger partial charge < -0.3 is 10.2 Å². The van der Waals surface area contributed by atoms with Crippen molar-refractivity contribution in [2.45, 2.75) is 45.2 Å². The molecule has 2 aliphatic rings. The molecular formula is C28H33ClN4O2S. The van der Waals surface area contributed by atoms with Crippen molar-refractivity contribution < 1.29 is 4.79 Å². The van der Waals surface area contributed by atoms with Crippen molar-refractivity contribution in [3.05, 3.63) is 63.4 Å². The van der Waals surface area contributed by atoms with Gasteiger partial charge in [-0.3, -0.25) is 14.2 Å². The quantitative estimate of drug-likeness (QED) is 0.481. The smallest absolute Gasteiger partial charge is 0.262 e. The van der Waals surface area contributed by atoms with E-state index in [0.29, 0.717) is 33.2 Å². The standard InChI is InChI=1S/C28H33ClN4O2S/c1-18(2)30-26(34)17-33-27(21-4-3-5-23(29)14-21)31-25-7-6-20(15-24(25)28(33)35)22-12-19(13-22)16-32-8-10-36-11-9-32/h3-7,14-15,18-19,22H,8-13,16-17H2,1-2H3,(H,30,34)/t19-,22-. The Balaban J connectivity index is 1.44. The van der Waals surface area contributed by atoms with Gasteiger partial charge in [-0.25, -0.2) is 4.98 Å². The molecule has 2 aromatic carbocycles. The molecule has 8 heteroatoms. The topological polar surface area (TPSA) is 67.2 Å². The van der Waals surface area contributed by atoms with Crippen LogP contribution in [0.1, 0.15) is 38.2 Å². The third-order valence-corrected chi connectivity index (χ3v) is 8.32. The van der Waals surface area contributed by atoms with Gasteiger partial charge in [0, 0.05) is 47.8 Å². The van der Waals surface area contributed by atoms with E-state index in [1.807, 2.05) is 49.9 Å². The van der Waals surface area contributed by atoms with E-state index in [-0.39, 0.29) is 24.1 Å². The Morgan fingerprint density at radius 2 is 1.94 bits per heavy atom. The highest BCUT2D eigenvalue weighted by Crippen LogP contribution is 2.42. The van der Waals surface area contributed by atoms with Gasteiger partial charge in [0.05, 0.1) is 10.9 Å². The minimum atomic E-state index is -0.217. The number of hydrogen-bond donors (Lipinski definition) is 1. The summed E-state index contributed by atoms with van der Waals surface area (Å²) in [6.07, 6.45) is 2.32. The number of nitrogens with zero attached hydrogens (tertiary/aromatic N) is 3. The molecule has 0 bridgehead atoms. The van der Waals surface area contributed by atoms with Crippen LogP contribution in [0, 0.1) is 5.92 Å². The Bertz CT molecular complexity index is 1310. The lowest BCUT2D eigenvalue weighted by Gasteiger charge is -2.40. The summed E-state index contributed by atoms with van der Waals surface area (Å²) in [6, 6.07) is 13.3.